The molecule has 244 valence electrons. The maximum Gasteiger partial charge on any atom is 0.307 e. The summed E-state index contributed by atoms with van der Waals surface area (Å²) in [6.45, 7) is 0. The second-order valence-electron chi connectivity index (χ2n) is 13.9. The number of hydrogen-bond donors (Lipinski definition) is 0. The molecule has 0 spiro atoms. The number of aryl methyl sites for hydroxylation is 1. The Labute approximate surface area is 297 Å². The molecule has 1 aliphatic carbocycles. The van der Waals surface area contributed by atoms with Crippen molar-refractivity contribution in [3.63, 3.8) is 0 Å². The predicted molar refractivity (Wildman–Crippen MR) is 213 cm³/mol. The van der Waals surface area contributed by atoms with Crippen LogP contribution in [0.3, 0.4) is 0 Å². The van der Waals surface area contributed by atoms with E-state index in [1.54, 1.807) is 0 Å². The Hall–Kier alpha value is -6.85. The summed E-state index contributed by atoms with van der Waals surface area (Å²) in [4.78, 5) is 5.33. The highest BCUT2D eigenvalue weighted by molar-refractivity contribution is 6.22. The Bertz CT molecular complexity index is 3300. The van der Waals surface area contributed by atoms with Crippen LogP contribution in [0.4, 0.5) is 0 Å². The molecule has 0 aliphatic heterocycles. The molecule has 4 aromatic heterocycles. The third-order valence-electron chi connectivity index (χ3n) is 11.0. The van der Waals surface area contributed by atoms with Crippen LogP contribution in [0.1, 0.15) is 17.5 Å². The summed E-state index contributed by atoms with van der Waals surface area (Å²) in [6, 6.07) is 50.1. The maximum absolute atomic E-state index is 6.91. The SMILES string of the molecule is C1=Cc2ccc(-c3cc4oc(-n5c6ccccc6c6cc7c8ccccc8n(-c8ccccc8)c7cc65)nc4c4c3oc3ccccc34)cc2CC1. The van der Waals surface area contributed by atoms with Crippen LogP contribution in [0.5, 0.6) is 0 Å². The van der Waals surface area contributed by atoms with Gasteiger partial charge in [-0.3, -0.25) is 4.57 Å². The lowest BCUT2D eigenvalue weighted by atomic mass is 9.92. The molecule has 0 amide bonds. The molecule has 11 aromatic rings. The standard InChI is InChI=1S/C47H29N3O2/c1-2-14-31(15-3-1)49-38-19-9-6-16-32(38)36-25-37-33-17-7-10-20-39(33)50(41(37)27-40(36)49)47-48-45-43(52-47)26-35(30-23-22-28-12-4-5-13-29(28)24-30)46-44(45)34-18-8-11-21-42(34)51-46/h1-4,6-12,14-27H,5,13H2. The Morgan fingerprint density at radius 2 is 1.25 bits per heavy atom. The van der Waals surface area contributed by atoms with Crippen molar-refractivity contribution >= 4 is 82.7 Å². The fourth-order valence-corrected chi connectivity index (χ4v) is 8.67. The number of aromatic nitrogens is 3. The van der Waals surface area contributed by atoms with E-state index < -0.39 is 0 Å². The van der Waals surface area contributed by atoms with Gasteiger partial charge in [0.15, 0.2) is 5.58 Å². The molecule has 1 aliphatic rings. The highest BCUT2D eigenvalue weighted by Crippen LogP contribution is 2.44. The first-order chi connectivity index (χ1) is 25.8. The van der Waals surface area contributed by atoms with E-state index in [4.69, 9.17) is 13.8 Å². The summed E-state index contributed by atoms with van der Waals surface area (Å²) in [5.74, 6) is 0. The molecule has 4 heterocycles. The van der Waals surface area contributed by atoms with Gasteiger partial charge in [0.25, 0.3) is 0 Å². The van der Waals surface area contributed by atoms with Crippen LogP contribution in [0, 0.1) is 0 Å². The number of hydrogen-bond acceptors (Lipinski definition) is 3. The van der Waals surface area contributed by atoms with Gasteiger partial charge in [-0.1, -0.05) is 103 Å². The zero-order chi connectivity index (χ0) is 33.9. The summed E-state index contributed by atoms with van der Waals surface area (Å²) < 4.78 is 18.1. The molecule has 7 aromatic carbocycles. The molecular weight excluding hydrogens is 639 g/mol. The van der Waals surface area contributed by atoms with Gasteiger partial charge in [0.2, 0.25) is 0 Å². The van der Waals surface area contributed by atoms with E-state index in [0.29, 0.717) is 6.01 Å². The van der Waals surface area contributed by atoms with E-state index in [9.17, 15) is 0 Å². The average molecular weight is 668 g/mol. The van der Waals surface area contributed by atoms with Gasteiger partial charge in [-0.2, -0.15) is 4.98 Å². The van der Waals surface area contributed by atoms with Crippen molar-refractivity contribution in [2.24, 2.45) is 0 Å². The fourth-order valence-electron chi connectivity index (χ4n) is 8.67. The third kappa shape index (κ3) is 3.79. The van der Waals surface area contributed by atoms with Gasteiger partial charge < -0.3 is 13.4 Å². The molecule has 0 fully saturated rings. The molecule has 12 rings (SSSR count). The Balaban J connectivity index is 1.18. The molecule has 5 nitrogen and oxygen atoms in total. The molecule has 0 saturated carbocycles. The second-order valence-corrected chi connectivity index (χ2v) is 13.9. The van der Waals surface area contributed by atoms with Crippen LogP contribution in [0.15, 0.2) is 154 Å². The monoisotopic (exact) mass is 667 g/mol. The average Bonchev–Trinajstić information content (AvgIpc) is 3.96. The van der Waals surface area contributed by atoms with Gasteiger partial charge in [0.1, 0.15) is 16.7 Å². The topological polar surface area (TPSA) is 49.0 Å². The number of rotatable bonds is 3. The van der Waals surface area contributed by atoms with Crippen LogP contribution in [0.2, 0.25) is 0 Å². The van der Waals surface area contributed by atoms with Crippen molar-refractivity contribution in [2.45, 2.75) is 12.8 Å². The van der Waals surface area contributed by atoms with Crippen molar-refractivity contribution < 1.29 is 8.83 Å². The van der Waals surface area contributed by atoms with Crippen molar-refractivity contribution in [1.82, 2.24) is 14.1 Å². The smallest absolute Gasteiger partial charge is 0.307 e. The third-order valence-corrected chi connectivity index (χ3v) is 11.0. The van der Waals surface area contributed by atoms with Crippen molar-refractivity contribution in [3.05, 3.63) is 157 Å². The van der Waals surface area contributed by atoms with Crippen LogP contribution in [0.25, 0.3) is 106 Å². The van der Waals surface area contributed by atoms with Crippen molar-refractivity contribution in [2.75, 3.05) is 0 Å². The number of allylic oxidation sites excluding steroid dienone is 1. The zero-order valence-corrected chi connectivity index (χ0v) is 28.0. The number of furan rings is 1. The van der Waals surface area contributed by atoms with Gasteiger partial charge in [-0.25, -0.2) is 0 Å². The summed E-state index contributed by atoms with van der Waals surface area (Å²) in [5.41, 5.74) is 13.5. The minimum Gasteiger partial charge on any atom is -0.455 e. The van der Waals surface area contributed by atoms with Crippen molar-refractivity contribution in [1.29, 1.82) is 0 Å². The number of oxazole rings is 1. The zero-order valence-electron chi connectivity index (χ0n) is 28.0. The Morgan fingerprint density at radius 3 is 2.08 bits per heavy atom. The summed E-state index contributed by atoms with van der Waals surface area (Å²) in [6.07, 6.45) is 6.56. The number of fused-ring (bicyclic) bond motifs is 12. The van der Waals surface area contributed by atoms with Gasteiger partial charge >= 0.3 is 6.01 Å². The second kappa shape index (κ2) is 10.3. The van der Waals surface area contributed by atoms with Gasteiger partial charge in [-0.05, 0) is 78.1 Å². The lowest BCUT2D eigenvalue weighted by molar-refractivity contribution is 0.574. The highest BCUT2D eigenvalue weighted by atomic mass is 16.4. The van der Waals surface area contributed by atoms with Crippen LogP contribution < -0.4 is 0 Å². The molecular formula is C47H29N3O2. The van der Waals surface area contributed by atoms with E-state index in [1.807, 2.05) is 12.1 Å². The minimum absolute atomic E-state index is 0.530. The highest BCUT2D eigenvalue weighted by Gasteiger charge is 2.24. The number of nitrogens with zero attached hydrogens (tertiary/aromatic N) is 3. The summed E-state index contributed by atoms with van der Waals surface area (Å²) in [7, 11) is 0. The van der Waals surface area contributed by atoms with E-state index in [0.717, 1.165) is 90.0 Å². The van der Waals surface area contributed by atoms with Crippen LogP contribution >= 0.6 is 0 Å². The van der Waals surface area contributed by atoms with Gasteiger partial charge in [0.05, 0.1) is 27.5 Å². The van der Waals surface area contributed by atoms with E-state index in [2.05, 4.69) is 149 Å². The van der Waals surface area contributed by atoms with Crippen LogP contribution in [-0.2, 0) is 6.42 Å². The first-order valence-electron chi connectivity index (χ1n) is 17.9. The fraction of sp³-hybridized carbons (Fsp3) is 0.0426. The molecule has 0 atom stereocenters. The molecule has 0 bridgehead atoms. The molecule has 0 unspecified atom stereocenters. The normalized spacial score (nSPS) is 13.2. The lowest BCUT2D eigenvalue weighted by Crippen LogP contribution is -1.95. The Morgan fingerprint density at radius 1 is 0.538 bits per heavy atom. The van der Waals surface area contributed by atoms with Crippen LogP contribution in [-0.4, -0.2) is 14.1 Å². The quantitative estimate of drug-likeness (QED) is 0.188. The number of para-hydroxylation sites is 4. The predicted octanol–water partition coefficient (Wildman–Crippen LogP) is 12.5. The Kier molecular flexibility index (Phi) is 5.55. The largest absolute Gasteiger partial charge is 0.455 e. The summed E-state index contributed by atoms with van der Waals surface area (Å²) in [5, 5.41) is 6.75. The molecule has 5 heteroatoms. The molecule has 0 N–H and O–H groups in total. The van der Waals surface area contributed by atoms with E-state index in [1.165, 1.54) is 27.4 Å². The maximum atomic E-state index is 6.91. The van der Waals surface area contributed by atoms with E-state index in [-0.39, 0.29) is 0 Å². The first kappa shape index (κ1) is 27.9. The van der Waals surface area contributed by atoms with Gasteiger partial charge in [-0.15, -0.1) is 0 Å². The lowest BCUT2D eigenvalue weighted by Gasteiger charge is -2.12. The number of benzene rings is 7. The summed E-state index contributed by atoms with van der Waals surface area (Å²) >= 11 is 0. The molecule has 0 saturated heterocycles. The van der Waals surface area contributed by atoms with E-state index >= 15 is 0 Å². The minimum atomic E-state index is 0.530. The molecule has 52 heavy (non-hydrogen) atoms. The first-order valence-corrected chi connectivity index (χ1v) is 17.9. The van der Waals surface area contributed by atoms with Gasteiger partial charge in [0, 0.05) is 38.2 Å². The molecule has 0 radical (unpaired) electrons. The van der Waals surface area contributed by atoms with Crippen molar-refractivity contribution in [3.8, 4) is 22.8 Å².